The van der Waals surface area contributed by atoms with Crippen molar-refractivity contribution in [2.75, 3.05) is 13.2 Å². The molecule has 6 heteroatoms. The smallest absolute Gasteiger partial charge is 0.115 e. The van der Waals surface area contributed by atoms with Crippen LogP contribution in [0.25, 0.3) is 0 Å². The van der Waals surface area contributed by atoms with Crippen LogP contribution in [0, 0.1) is 0 Å². The first-order valence-electron chi connectivity index (χ1n) is 14.9. The van der Waals surface area contributed by atoms with E-state index in [1.807, 2.05) is 13.8 Å². The summed E-state index contributed by atoms with van der Waals surface area (Å²) in [6.07, 6.45) is 12.1. The molecule has 6 nitrogen and oxygen atoms in total. The molecule has 1 rings (SSSR count). The van der Waals surface area contributed by atoms with Gasteiger partial charge in [-0.25, -0.2) is 0 Å². The van der Waals surface area contributed by atoms with Crippen LogP contribution in [0.3, 0.4) is 0 Å². The molecule has 35 heavy (non-hydrogen) atoms. The second kappa shape index (κ2) is 18.9. The van der Waals surface area contributed by atoms with Crippen molar-refractivity contribution in [3.63, 3.8) is 0 Å². The first-order chi connectivity index (χ1) is 16.9. The van der Waals surface area contributed by atoms with Crippen molar-refractivity contribution >= 4 is 0 Å². The van der Waals surface area contributed by atoms with Gasteiger partial charge in [0.25, 0.3) is 0 Å². The average molecular weight is 503 g/mol. The van der Waals surface area contributed by atoms with Gasteiger partial charge >= 0.3 is 0 Å². The van der Waals surface area contributed by atoms with E-state index in [1.54, 1.807) is 0 Å². The molecule has 1 aliphatic heterocycles. The molecular weight excluding hydrogens is 444 g/mol. The number of aliphatic hydroxyl groups is 3. The fourth-order valence-electron chi connectivity index (χ4n) is 5.46. The summed E-state index contributed by atoms with van der Waals surface area (Å²) in [5.41, 5.74) is -0.693. The Hall–Kier alpha value is -0.240. The van der Waals surface area contributed by atoms with E-state index in [0.717, 1.165) is 38.5 Å². The van der Waals surface area contributed by atoms with Crippen LogP contribution in [0.5, 0.6) is 0 Å². The fraction of sp³-hybridized carbons (Fsp3) is 1.00. The lowest BCUT2D eigenvalue weighted by atomic mass is 9.80. The summed E-state index contributed by atoms with van der Waals surface area (Å²) in [5.74, 6) is 0. The highest BCUT2D eigenvalue weighted by Crippen LogP contribution is 2.37. The lowest BCUT2D eigenvalue weighted by molar-refractivity contribution is -0.293. The Bertz CT molecular complexity index is 498. The minimum Gasteiger partial charge on any atom is -0.394 e. The van der Waals surface area contributed by atoms with Crippen molar-refractivity contribution in [2.24, 2.45) is 0 Å². The van der Waals surface area contributed by atoms with Gasteiger partial charge in [0, 0.05) is 6.61 Å². The number of rotatable bonds is 21. The molecule has 1 fully saturated rings. The lowest BCUT2D eigenvalue weighted by Gasteiger charge is -2.50. The predicted molar refractivity (Wildman–Crippen MR) is 143 cm³/mol. The molecule has 0 aromatic rings. The predicted octanol–water partition coefficient (Wildman–Crippen LogP) is 5.93. The minimum absolute atomic E-state index is 0.0461. The van der Waals surface area contributed by atoms with Crippen LogP contribution in [0.1, 0.15) is 131 Å². The van der Waals surface area contributed by atoms with E-state index >= 15 is 0 Å². The second-order valence-corrected chi connectivity index (χ2v) is 10.5. The zero-order valence-corrected chi connectivity index (χ0v) is 23.6. The third-order valence-electron chi connectivity index (χ3n) is 7.80. The van der Waals surface area contributed by atoms with Gasteiger partial charge < -0.3 is 29.5 Å². The van der Waals surface area contributed by atoms with Crippen molar-refractivity contribution in [3.8, 4) is 0 Å². The molecule has 6 atom stereocenters. The molecule has 210 valence electrons. The van der Waals surface area contributed by atoms with Gasteiger partial charge in [-0.3, -0.25) is 0 Å². The maximum Gasteiger partial charge on any atom is 0.115 e. The van der Waals surface area contributed by atoms with Crippen molar-refractivity contribution in [1.29, 1.82) is 0 Å². The molecule has 0 saturated carbocycles. The Morgan fingerprint density at radius 3 is 1.83 bits per heavy atom. The molecule has 1 heterocycles. The largest absolute Gasteiger partial charge is 0.394 e. The van der Waals surface area contributed by atoms with E-state index in [2.05, 4.69) is 20.8 Å². The summed E-state index contributed by atoms with van der Waals surface area (Å²) in [4.78, 5) is 0. The molecule has 0 aromatic carbocycles. The molecule has 1 aliphatic rings. The van der Waals surface area contributed by atoms with Crippen molar-refractivity contribution in [1.82, 2.24) is 0 Å². The molecule has 0 bridgehead atoms. The van der Waals surface area contributed by atoms with Crippen molar-refractivity contribution in [3.05, 3.63) is 0 Å². The maximum atomic E-state index is 11.1. The van der Waals surface area contributed by atoms with Crippen LogP contribution in [0.15, 0.2) is 0 Å². The molecular formula is C29H58O6. The summed E-state index contributed by atoms with van der Waals surface area (Å²) in [7, 11) is 0. The molecule has 0 radical (unpaired) electrons. The van der Waals surface area contributed by atoms with Gasteiger partial charge in [0.2, 0.25) is 0 Å². The normalized spacial score (nSPS) is 26.8. The molecule has 2 unspecified atom stereocenters. The Kier molecular flexibility index (Phi) is 17.7. The number of aliphatic hydroxyl groups excluding tert-OH is 3. The van der Waals surface area contributed by atoms with Gasteiger partial charge in [0.15, 0.2) is 0 Å². The van der Waals surface area contributed by atoms with Gasteiger partial charge in [-0.2, -0.15) is 0 Å². The highest BCUT2D eigenvalue weighted by Gasteiger charge is 2.53. The summed E-state index contributed by atoms with van der Waals surface area (Å²) in [5, 5.41) is 32.2. The second-order valence-electron chi connectivity index (χ2n) is 10.5. The number of unbranched alkanes of at least 4 members (excludes halogenated alkanes) is 9. The van der Waals surface area contributed by atoms with E-state index in [9.17, 15) is 15.3 Å². The average Bonchev–Trinajstić information content (AvgIpc) is 2.87. The number of ether oxygens (including phenoxy) is 3. The number of hydrogen-bond acceptors (Lipinski definition) is 6. The third-order valence-corrected chi connectivity index (χ3v) is 7.80. The highest BCUT2D eigenvalue weighted by atomic mass is 16.6. The van der Waals surface area contributed by atoms with Gasteiger partial charge in [-0.05, 0) is 32.1 Å². The van der Waals surface area contributed by atoms with Crippen LogP contribution in [0.4, 0.5) is 0 Å². The Balaban J connectivity index is 2.65. The fourth-order valence-corrected chi connectivity index (χ4v) is 5.46. The van der Waals surface area contributed by atoms with Crippen molar-refractivity contribution < 1.29 is 29.5 Å². The molecule has 0 amide bonds. The van der Waals surface area contributed by atoms with Crippen molar-refractivity contribution in [2.45, 2.75) is 173 Å². The molecule has 3 N–H and O–H groups in total. The number of hydrogen-bond donors (Lipinski definition) is 3. The Labute approximate surface area is 216 Å². The first kappa shape index (κ1) is 32.8. The minimum atomic E-state index is -1.13. The Morgan fingerprint density at radius 2 is 1.34 bits per heavy atom. The van der Waals surface area contributed by atoms with E-state index in [-0.39, 0.29) is 12.7 Å². The molecule has 1 saturated heterocycles. The topological polar surface area (TPSA) is 88.4 Å². The summed E-state index contributed by atoms with van der Waals surface area (Å²) >= 11 is 0. The van der Waals surface area contributed by atoms with Crippen LogP contribution >= 0.6 is 0 Å². The third kappa shape index (κ3) is 10.6. The molecule has 0 aromatic heterocycles. The summed E-state index contributed by atoms with van der Waals surface area (Å²) < 4.78 is 18.8. The van der Waals surface area contributed by atoms with Gasteiger partial charge in [0.05, 0.1) is 18.3 Å². The van der Waals surface area contributed by atoms with Crippen LogP contribution in [-0.4, -0.2) is 70.8 Å². The van der Waals surface area contributed by atoms with E-state index in [4.69, 9.17) is 14.2 Å². The van der Waals surface area contributed by atoms with E-state index in [1.165, 1.54) is 51.4 Å². The van der Waals surface area contributed by atoms with Gasteiger partial charge in [0.1, 0.15) is 30.5 Å². The summed E-state index contributed by atoms with van der Waals surface area (Å²) in [6.45, 7) is 10.8. The molecule has 0 spiro atoms. The zero-order valence-electron chi connectivity index (χ0n) is 23.6. The standard InChI is InChI=1S/C29H58O6/c1-6-11-12-13-14-15-16-17-18-19-21-33-29(10-5,20-7-2)28-26(32)25(31)27(24(22-30)35-28)34-23(8-3)9-4/h23-28,30-32H,6-22H2,1-5H3/t24-,25-,26-,27-,28?,29?/m1/s1. The zero-order chi connectivity index (χ0) is 26.1. The van der Waals surface area contributed by atoms with E-state index < -0.39 is 36.1 Å². The summed E-state index contributed by atoms with van der Waals surface area (Å²) in [6, 6.07) is 0. The monoisotopic (exact) mass is 502 g/mol. The quantitative estimate of drug-likeness (QED) is 0.169. The maximum absolute atomic E-state index is 11.1. The van der Waals surface area contributed by atoms with Gasteiger partial charge in [-0.1, -0.05) is 98.8 Å². The lowest BCUT2D eigenvalue weighted by Crippen LogP contribution is -2.66. The van der Waals surface area contributed by atoms with Crippen LogP contribution in [0.2, 0.25) is 0 Å². The SMILES string of the molecule is CCCCCCCCCCCCOC(CC)(CCC)C1O[C@H](CO)[C@@H](OC(CC)CC)[C@H](O)[C@H]1O. The van der Waals surface area contributed by atoms with E-state index in [0.29, 0.717) is 13.0 Å². The first-order valence-corrected chi connectivity index (χ1v) is 14.9. The Morgan fingerprint density at radius 1 is 0.771 bits per heavy atom. The highest BCUT2D eigenvalue weighted by molar-refractivity contribution is 5.02. The van der Waals surface area contributed by atoms with Gasteiger partial charge in [-0.15, -0.1) is 0 Å². The van der Waals surface area contributed by atoms with Crippen LogP contribution < -0.4 is 0 Å². The van der Waals surface area contributed by atoms with Crippen LogP contribution in [-0.2, 0) is 14.2 Å². The molecule has 0 aliphatic carbocycles.